The summed E-state index contributed by atoms with van der Waals surface area (Å²) in [6, 6.07) is 12.7. The van der Waals surface area contributed by atoms with Gasteiger partial charge < -0.3 is 10.2 Å². The Morgan fingerprint density at radius 2 is 1.62 bits per heavy atom. The Hall–Kier alpha value is -1.44. The van der Waals surface area contributed by atoms with E-state index in [2.05, 4.69) is 6.92 Å². The number of unbranched alkanes of at least 4 members (excludes halogenated alkanes) is 1. The van der Waals surface area contributed by atoms with Gasteiger partial charge in [0.15, 0.2) is 0 Å². The molecule has 4 nitrogen and oxygen atoms in total. The normalized spacial score (nSPS) is 10.9. The fourth-order valence-electron chi connectivity index (χ4n) is 2.36. The van der Waals surface area contributed by atoms with Gasteiger partial charge in [0.2, 0.25) is 0 Å². The molecule has 1 unspecified atom stereocenters. The maximum atomic E-state index is 10.8. The number of carbonyl (C=O) groups is 2. The van der Waals surface area contributed by atoms with E-state index in [1.807, 2.05) is 37.3 Å². The third-order valence-electron chi connectivity index (χ3n) is 3.77. The summed E-state index contributed by atoms with van der Waals surface area (Å²) in [5.74, 6) is -1.63. The Morgan fingerprint density at radius 1 is 1.00 bits per heavy atom. The molecule has 0 saturated carbocycles. The zero-order chi connectivity index (χ0) is 17.2. The van der Waals surface area contributed by atoms with Crippen molar-refractivity contribution >= 4 is 50.0 Å². The molecule has 2 N–H and O–H groups in total. The van der Waals surface area contributed by atoms with Crippen LogP contribution < -0.4 is 0 Å². The van der Waals surface area contributed by atoms with E-state index in [-0.39, 0.29) is 33.2 Å². The third-order valence-corrected chi connectivity index (χ3v) is 3.77. The van der Waals surface area contributed by atoms with Crippen molar-refractivity contribution < 1.29 is 19.8 Å². The summed E-state index contributed by atoms with van der Waals surface area (Å²) in [6.45, 7) is 4.00. The monoisotopic (exact) mass is 526 g/mol. The van der Waals surface area contributed by atoms with Crippen molar-refractivity contribution in [2.75, 3.05) is 0 Å². The molecule has 2 rings (SSSR count). The molecule has 0 fully saturated rings. The number of hydrogen-bond donors (Lipinski definition) is 2. The second-order valence-electron chi connectivity index (χ2n) is 5.42. The number of aromatic carboxylic acids is 1. The fraction of sp³-hybridized carbons (Fsp3) is 0.368. The molecule has 0 heterocycles. The number of rotatable bonds is 6. The first-order valence-electron chi connectivity index (χ1n) is 7.95. The molecule has 5 heteroatoms. The molecular weight excluding hydrogens is 499 g/mol. The van der Waals surface area contributed by atoms with E-state index in [4.69, 9.17) is 10.2 Å². The van der Waals surface area contributed by atoms with Gasteiger partial charge in [-0.25, -0.2) is 4.79 Å². The molecular formula is C19H26O4Pb. The van der Waals surface area contributed by atoms with E-state index >= 15 is 0 Å². The number of aliphatic carboxylic acids is 1. The Balaban J connectivity index is 0.000000441. The van der Waals surface area contributed by atoms with Crippen molar-refractivity contribution in [1.82, 2.24) is 0 Å². The second kappa shape index (κ2) is 12.0. The minimum atomic E-state index is -0.878. The minimum absolute atomic E-state index is 0. The average Bonchev–Trinajstić information content (AvgIpc) is 2.55. The molecule has 24 heavy (non-hydrogen) atoms. The molecule has 2 radical (unpaired) electrons. The van der Waals surface area contributed by atoms with Crippen LogP contribution in [0.1, 0.15) is 49.9 Å². The predicted octanol–water partition coefficient (Wildman–Crippen LogP) is 3.91. The summed E-state index contributed by atoms with van der Waals surface area (Å²) in [4.78, 5) is 21.3. The quantitative estimate of drug-likeness (QED) is 0.561. The Labute approximate surface area is 163 Å². The molecule has 0 aliphatic rings. The van der Waals surface area contributed by atoms with Gasteiger partial charge in [0.25, 0.3) is 0 Å². The van der Waals surface area contributed by atoms with Crippen molar-refractivity contribution in [3.05, 3.63) is 48.0 Å². The van der Waals surface area contributed by atoms with E-state index in [9.17, 15) is 9.59 Å². The first-order chi connectivity index (χ1) is 11.0. The summed E-state index contributed by atoms with van der Waals surface area (Å²) >= 11 is 0. The molecule has 0 aliphatic carbocycles. The topological polar surface area (TPSA) is 74.6 Å². The molecule has 0 saturated heterocycles. The first kappa shape index (κ1) is 22.6. The van der Waals surface area contributed by atoms with Gasteiger partial charge in [0.05, 0.1) is 11.5 Å². The van der Waals surface area contributed by atoms with Crippen LogP contribution in [0.4, 0.5) is 0 Å². The van der Waals surface area contributed by atoms with Crippen LogP contribution in [0.2, 0.25) is 0 Å². The second-order valence-corrected chi connectivity index (χ2v) is 5.42. The summed E-state index contributed by atoms with van der Waals surface area (Å²) in [5, 5.41) is 19.2. The van der Waals surface area contributed by atoms with Crippen LogP contribution in [0.3, 0.4) is 0 Å². The number of carboxylic acid groups (broad SMARTS) is 2. The molecule has 0 aromatic heterocycles. The van der Waals surface area contributed by atoms with Gasteiger partial charge in [-0.05, 0) is 29.7 Å². The van der Waals surface area contributed by atoms with E-state index in [0.29, 0.717) is 5.56 Å². The van der Waals surface area contributed by atoms with Crippen LogP contribution in [0.15, 0.2) is 42.5 Å². The Kier molecular flexibility index (Phi) is 11.3. The van der Waals surface area contributed by atoms with Gasteiger partial charge in [-0.15, -0.1) is 0 Å². The van der Waals surface area contributed by atoms with Crippen LogP contribution >= 0.6 is 0 Å². The number of fused-ring (bicyclic) bond motifs is 1. The number of hydrogen-bond acceptors (Lipinski definition) is 2. The van der Waals surface area contributed by atoms with Crippen molar-refractivity contribution in [3.8, 4) is 0 Å². The molecule has 1 atom stereocenters. The van der Waals surface area contributed by atoms with Gasteiger partial charge in [-0.2, -0.15) is 0 Å². The summed E-state index contributed by atoms with van der Waals surface area (Å²) in [6.07, 6.45) is 3.71. The molecule has 130 valence electrons. The van der Waals surface area contributed by atoms with Crippen LogP contribution in [0.25, 0.3) is 10.8 Å². The standard InChI is InChI=1S/C11H8O2.C8H16O2.Pb.2H/c12-11(13)10-7-3-5-8-4-1-2-6-9(8)10;1-3-5-6-7(4-2)8(9)10;;;/h1-7H,(H,12,13);7H,3-6H2,1-2H3,(H,9,10);;;. The van der Waals surface area contributed by atoms with E-state index < -0.39 is 11.9 Å². The Morgan fingerprint density at radius 3 is 2.17 bits per heavy atom. The molecule has 0 bridgehead atoms. The molecule has 0 aliphatic heterocycles. The van der Waals surface area contributed by atoms with Crippen LogP contribution in [0, 0.1) is 5.92 Å². The van der Waals surface area contributed by atoms with E-state index in [1.165, 1.54) is 0 Å². The van der Waals surface area contributed by atoms with Crippen LogP contribution in [-0.2, 0) is 4.79 Å². The van der Waals surface area contributed by atoms with Crippen LogP contribution in [-0.4, -0.2) is 49.5 Å². The fourth-order valence-corrected chi connectivity index (χ4v) is 2.36. The van der Waals surface area contributed by atoms with Gasteiger partial charge >= 0.3 is 39.2 Å². The average molecular weight is 526 g/mol. The molecule has 0 spiro atoms. The van der Waals surface area contributed by atoms with Crippen molar-refractivity contribution in [2.24, 2.45) is 5.92 Å². The summed E-state index contributed by atoms with van der Waals surface area (Å²) in [7, 11) is 0. The van der Waals surface area contributed by atoms with Gasteiger partial charge in [-0.1, -0.05) is 63.1 Å². The van der Waals surface area contributed by atoms with Gasteiger partial charge in [-0.3, -0.25) is 4.79 Å². The van der Waals surface area contributed by atoms with E-state index in [1.54, 1.807) is 12.1 Å². The summed E-state index contributed by atoms with van der Waals surface area (Å²) < 4.78 is 0. The van der Waals surface area contributed by atoms with E-state index in [0.717, 1.165) is 36.5 Å². The van der Waals surface area contributed by atoms with Crippen molar-refractivity contribution in [1.29, 1.82) is 0 Å². The zero-order valence-corrected chi connectivity index (χ0v) is 19.9. The SMILES string of the molecule is CCCCC(CC)C(=O)O.O=C(O)c1cccc2ccccc12.[PbH2]. The zero-order valence-electron chi connectivity index (χ0n) is 14.4. The molecule has 2 aromatic carbocycles. The third kappa shape index (κ3) is 6.99. The van der Waals surface area contributed by atoms with Crippen LogP contribution in [0.5, 0.6) is 0 Å². The van der Waals surface area contributed by atoms with Crippen molar-refractivity contribution in [3.63, 3.8) is 0 Å². The van der Waals surface area contributed by atoms with Gasteiger partial charge in [0.1, 0.15) is 0 Å². The number of carboxylic acids is 2. The molecule has 0 amide bonds. The first-order valence-corrected chi connectivity index (χ1v) is 7.95. The number of benzene rings is 2. The predicted molar refractivity (Wildman–Crippen MR) is 100 cm³/mol. The maximum absolute atomic E-state index is 10.8. The van der Waals surface area contributed by atoms with Gasteiger partial charge in [0, 0.05) is 0 Å². The summed E-state index contributed by atoms with van der Waals surface area (Å²) in [5.41, 5.74) is 0.359. The Bertz CT molecular complexity index is 649. The van der Waals surface area contributed by atoms with Crippen molar-refractivity contribution in [2.45, 2.75) is 39.5 Å². The molecule has 2 aromatic rings.